The molecule has 1 fully saturated rings. The Kier molecular flexibility index (Phi) is 5.28. The van der Waals surface area contributed by atoms with Crippen molar-refractivity contribution < 1.29 is 19.4 Å². The molecule has 1 saturated carbocycles. The van der Waals surface area contributed by atoms with Gasteiger partial charge in [-0.15, -0.1) is 5.10 Å². The number of rotatable bonds is 3. The zero-order valence-corrected chi connectivity index (χ0v) is 19.5. The van der Waals surface area contributed by atoms with Crippen LogP contribution in [0.1, 0.15) is 43.1 Å². The second-order valence-electron chi connectivity index (χ2n) is 9.07. The first kappa shape index (κ1) is 22.0. The summed E-state index contributed by atoms with van der Waals surface area (Å²) in [7, 11) is 0. The number of ether oxygens (including phenoxy) is 2. The van der Waals surface area contributed by atoms with Gasteiger partial charge >= 0.3 is 0 Å². The minimum absolute atomic E-state index is 0.0848. The molecule has 1 amide bonds. The van der Waals surface area contributed by atoms with Crippen molar-refractivity contribution in [3.63, 3.8) is 0 Å². The molecule has 2 aromatic carbocycles. The van der Waals surface area contributed by atoms with Crippen LogP contribution in [0.4, 0.5) is 0 Å². The fraction of sp³-hybridized carbons (Fsp3) is 0.375. The Morgan fingerprint density at radius 1 is 1.27 bits per heavy atom. The number of aliphatic hydroxyl groups is 1. The van der Waals surface area contributed by atoms with E-state index in [1.165, 1.54) is 5.01 Å². The van der Waals surface area contributed by atoms with E-state index in [0.29, 0.717) is 44.8 Å². The van der Waals surface area contributed by atoms with Gasteiger partial charge in [-0.2, -0.15) is 5.26 Å². The minimum atomic E-state index is -1.02. The molecule has 0 aromatic heterocycles. The molecular weight excluding hydrogens is 465 g/mol. The molecule has 4 atom stereocenters. The second-order valence-corrected chi connectivity index (χ2v) is 9.92. The van der Waals surface area contributed by atoms with E-state index in [4.69, 9.17) is 32.7 Å². The highest BCUT2D eigenvalue weighted by molar-refractivity contribution is 6.35. The zero-order valence-electron chi connectivity index (χ0n) is 18.0. The maximum absolute atomic E-state index is 12.8. The smallest absolute Gasteiger partial charge is 0.247 e. The zero-order chi connectivity index (χ0) is 23.5. The van der Waals surface area contributed by atoms with Crippen molar-refractivity contribution in [2.75, 3.05) is 0 Å². The van der Waals surface area contributed by atoms with Crippen LogP contribution in [0, 0.1) is 23.2 Å². The Labute approximate surface area is 201 Å². The first-order valence-electron chi connectivity index (χ1n) is 10.6. The van der Waals surface area contributed by atoms with Gasteiger partial charge in [0.25, 0.3) is 0 Å². The van der Waals surface area contributed by atoms with Crippen LogP contribution in [0.3, 0.4) is 0 Å². The normalized spacial score (nSPS) is 27.0. The summed E-state index contributed by atoms with van der Waals surface area (Å²) < 4.78 is 12.2. The van der Waals surface area contributed by atoms with Gasteiger partial charge < -0.3 is 14.6 Å². The molecule has 0 spiro atoms. The monoisotopic (exact) mass is 485 g/mol. The Morgan fingerprint density at radius 3 is 2.79 bits per heavy atom. The van der Waals surface area contributed by atoms with Crippen molar-refractivity contribution in [2.45, 2.75) is 44.6 Å². The van der Waals surface area contributed by atoms with Crippen molar-refractivity contribution in [3.05, 3.63) is 63.1 Å². The molecule has 0 radical (unpaired) electrons. The number of halogens is 2. The molecule has 5 rings (SSSR count). The van der Waals surface area contributed by atoms with Crippen LogP contribution in [0.2, 0.25) is 10.0 Å². The topological polar surface area (TPSA) is 95.2 Å². The fourth-order valence-electron chi connectivity index (χ4n) is 4.28. The van der Waals surface area contributed by atoms with E-state index in [2.05, 4.69) is 11.2 Å². The van der Waals surface area contributed by atoms with Gasteiger partial charge in [0.1, 0.15) is 17.5 Å². The summed E-state index contributed by atoms with van der Waals surface area (Å²) >= 11 is 12.3. The van der Waals surface area contributed by atoms with E-state index < -0.39 is 17.8 Å². The van der Waals surface area contributed by atoms with E-state index in [1.807, 2.05) is 0 Å². The van der Waals surface area contributed by atoms with Gasteiger partial charge in [0.2, 0.25) is 11.8 Å². The van der Waals surface area contributed by atoms with Crippen LogP contribution in [-0.4, -0.2) is 33.6 Å². The molecule has 1 N–H and O–H groups in total. The van der Waals surface area contributed by atoms with Crippen LogP contribution < -0.4 is 4.74 Å². The predicted molar refractivity (Wildman–Crippen MR) is 122 cm³/mol. The molecule has 7 nitrogen and oxygen atoms in total. The minimum Gasteiger partial charge on any atom is -0.485 e. The highest BCUT2D eigenvalue weighted by Gasteiger charge is 2.55. The van der Waals surface area contributed by atoms with Crippen LogP contribution in [0.25, 0.3) is 0 Å². The summed E-state index contributed by atoms with van der Waals surface area (Å²) in [5.74, 6) is 0.505. The molecule has 0 unspecified atom stereocenters. The first-order valence-corrected chi connectivity index (χ1v) is 11.3. The largest absolute Gasteiger partial charge is 0.485 e. The van der Waals surface area contributed by atoms with Gasteiger partial charge in [-0.3, -0.25) is 4.79 Å². The Balaban J connectivity index is 1.47. The number of hydrogen-bond donors (Lipinski definition) is 1. The number of amides is 1. The molecule has 2 aromatic rings. The van der Waals surface area contributed by atoms with Gasteiger partial charge in [-0.1, -0.05) is 29.3 Å². The van der Waals surface area contributed by atoms with E-state index >= 15 is 0 Å². The number of hydrazone groups is 1. The maximum atomic E-state index is 12.8. The Morgan fingerprint density at radius 2 is 2.06 bits per heavy atom. The number of fused-ring (bicyclic) bond motifs is 2. The van der Waals surface area contributed by atoms with Crippen molar-refractivity contribution in [2.24, 2.45) is 16.9 Å². The summed E-state index contributed by atoms with van der Waals surface area (Å²) in [5, 5.41) is 27.2. The SMILES string of the molecule is CC1(C)Oc2ccc(C#N)cc2[C@@H](OC2=NN(Cc3ccc(Cl)cc3Cl)C(=O)[C@H]3C[C@@H]23)[C@@H]1O. The molecule has 9 heteroatoms. The number of aliphatic hydroxyl groups excluding tert-OH is 1. The lowest BCUT2D eigenvalue weighted by molar-refractivity contribution is -0.135. The van der Waals surface area contributed by atoms with E-state index in [9.17, 15) is 15.2 Å². The molecule has 33 heavy (non-hydrogen) atoms. The predicted octanol–water partition coefficient (Wildman–Crippen LogP) is 4.45. The van der Waals surface area contributed by atoms with E-state index in [1.54, 1.807) is 50.2 Å². The fourth-order valence-corrected chi connectivity index (χ4v) is 4.75. The molecule has 0 bridgehead atoms. The lowest BCUT2D eigenvalue weighted by atomic mass is 9.87. The molecule has 2 heterocycles. The second kappa shape index (κ2) is 7.91. The number of hydrogen-bond acceptors (Lipinski definition) is 6. The molecule has 170 valence electrons. The van der Waals surface area contributed by atoms with Crippen molar-refractivity contribution in [1.29, 1.82) is 5.26 Å². The average Bonchev–Trinajstić information content (AvgIpc) is 3.57. The molecule has 3 aliphatic rings. The van der Waals surface area contributed by atoms with Gasteiger partial charge in [0, 0.05) is 21.5 Å². The van der Waals surface area contributed by atoms with Crippen LogP contribution in [-0.2, 0) is 16.1 Å². The highest BCUT2D eigenvalue weighted by Crippen LogP contribution is 2.48. The van der Waals surface area contributed by atoms with Crippen molar-refractivity contribution in [3.8, 4) is 11.8 Å². The van der Waals surface area contributed by atoms with E-state index in [-0.39, 0.29) is 24.3 Å². The van der Waals surface area contributed by atoms with Crippen LogP contribution in [0.15, 0.2) is 41.5 Å². The number of nitriles is 1. The first-order chi connectivity index (χ1) is 15.7. The summed E-state index contributed by atoms with van der Waals surface area (Å²) in [6, 6.07) is 12.2. The third kappa shape index (κ3) is 3.93. The van der Waals surface area contributed by atoms with Gasteiger partial charge in [-0.25, -0.2) is 5.01 Å². The highest BCUT2D eigenvalue weighted by atomic mass is 35.5. The molecule has 1 aliphatic carbocycles. The van der Waals surface area contributed by atoms with Crippen molar-refractivity contribution in [1.82, 2.24) is 5.01 Å². The molecule has 2 aliphatic heterocycles. The summed E-state index contributed by atoms with van der Waals surface area (Å²) in [6.45, 7) is 3.73. The lowest BCUT2D eigenvalue weighted by Crippen LogP contribution is -2.50. The molecule has 0 saturated heterocycles. The summed E-state index contributed by atoms with van der Waals surface area (Å²) in [5.41, 5.74) is 0.802. The van der Waals surface area contributed by atoms with Gasteiger partial charge in [0.05, 0.1) is 24.1 Å². The van der Waals surface area contributed by atoms with Crippen LogP contribution in [0.5, 0.6) is 5.75 Å². The maximum Gasteiger partial charge on any atom is 0.247 e. The Hall–Kier alpha value is -2.79. The third-order valence-electron chi connectivity index (χ3n) is 6.30. The number of carbonyl (C=O) groups excluding carboxylic acids is 1. The van der Waals surface area contributed by atoms with Gasteiger partial charge in [0.15, 0.2) is 6.10 Å². The third-order valence-corrected chi connectivity index (χ3v) is 6.89. The number of nitrogens with zero attached hydrogens (tertiary/aromatic N) is 3. The van der Waals surface area contributed by atoms with Crippen molar-refractivity contribution >= 4 is 35.0 Å². The molecular formula is C24H21Cl2N3O4. The van der Waals surface area contributed by atoms with Gasteiger partial charge in [-0.05, 0) is 56.2 Å². The number of benzene rings is 2. The summed E-state index contributed by atoms with van der Waals surface area (Å²) in [6.07, 6.45) is -1.18. The Bertz CT molecular complexity index is 1220. The van der Waals surface area contributed by atoms with E-state index in [0.717, 1.165) is 0 Å². The lowest BCUT2D eigenvalue weighted by Gasteiger charge is -2.42. The van der Waals surface area contributed by atoms with Crippen LogP contribution >= 0.6 is 23.2 Å². The summed E-state index contributed by atoms with van der Waals surface area (Å²) in [4.78, 5) is 12.8. The average molecular weight is 486 g/mol. The standard InChI is InChI=1S/C24H21Cl2N3O4/c1-24(2)21(30)20(17-7-12(10-27)3-6-19(17)33-24)32-22-15-9-16(15)23(31)29(28-22)11-13-4-5-14(25)8-18(13)26/h3-8,15-16,20-21,30H,9,11H2,1-2H3/t15-,16+,20-,21+/m1/s1. The quantitative estimate of drug-likeness (QED) is 0.692. The number of carbonyl (C=O) groups is 1.